The van der Waals surface area contributed by atoms with Crippen LogP contribution in [-0.4, -0.2) is 38.3 Å². The lowest BCUT2D eigenvalue weighted by Gasteiger charge is -2.11. The Kier molecular flexibility index (Phi) is 6.59. The predicted molar refractivity (Wildman–Crippen MR) is 97.9 cm³/mol. The molecule has 0 fully saturated rings. The second kappa shape index (κ2) is 8.88. The third kappa shape index (κ3) is 5.10. The van der Waals surface area contributed by atoms with Gasteiger partial charge in [0.05, 0.1) is 25.2 Å². The molecule has 2 rings (SSSR count). The van der Waals surface area contributed by atoms with Gasteiger partial charge in [-0.25, -0.2) is 4.79 Å². The van der Waals surface area contributed by atoms with E-state index in [1.807, 2.05) is 32.0 Å². The van der Waals surface area contributed by atoms with E-state index in [9.17, 15) is 14.9 Å². The van der Waals surface area contributed by atoms with Crippen molar-refractivity contribution >= 4 is 11.7 Å². The van der Waals surface area contributed by atoms with Crippen LogP contribution in [0.15, 0.2) is 30.3 Å². The topological polar surface area (TPSA) is 97.1 Å². The lowest BCUT2D eigenvalue weighted by Crippen LogP contribution is -2.14. The van der Waals surface area contributed by atoms with Gasteiger partial charge in [-0.3, -0.25) is 10.1 Å². The third-order valence-corrected chi connectivity index (χ3v) is 3.70. The van der Waals surface area contributed by atoms with Crippen LogP contribution in [0.5, 0.6) is 17.2 Å². The third-order valence-electron chi connectivity index (χ3n) is 3.70. The number of carbonyl (C=O) groups excluding carboxylic acids is 1. The van der Waals surface area contributed by atoms with Gasteiger partial charge in [-0.2, -0.15) is 0 Å². The molecule has 0 bridgehead atoms. The molecule has 0 spiro atoms. The summed E-state index contributed by atoms with van der Waals surface area (Å²) in [5, 5.41) is 11.2. The van der Waals surface area contributed by atoms with Crippen molar-refractivity contribution in [2.75, 3.05) is 27.4 Å². The molecule has 2 aromatic carbocycles. The standard InChI is InChI=1S/C19H21NO7/c1-12-7-13(2)9-14(8-12)26-5-6-27-19(21)15-10-17(24-3)18(25-4)11-16(15)20(22)23/h7-11H,5-6H2,1-4H3. The van der Waals surface area contributed by atoms with Crippen LogP contribution in [0.1, 0.15) is 21.5 Å². The fourth-order valence-electron chi connectivity index (χ4n) is 2.57. The number of esters is 1. The molecule has 0 radical (unpaired) electrons. The molecule has 0 saturated heterocycles. The summed E-state index contributed by atoms with van der Waals surface area (Å²) >= 11 is 0. The number of benzene rings is 2. The molecule has 8 nitrogen and oxygen atoms in total. The smallest absolute Gasteiger partial charge is 0.345 e. The van der Waals surface area contributed by atoms with E-state index >= 15 is 0 Å². The highest BCUT2D eigenvalue weighted by molar-refractivity contribution is 5.95. The number of nitro groups is 1. The molecular formula is C19H21NO7. The van der Waals surface area contributed by atoms with Crippen molar-refractivity contribution in [3.63, 3.8) is 0 Å². The maximum atomic E-state index is 12.3. The van der Waals surface area contributed by atoms with Gasteiger partial charge in [-0.05, 0) is 37.1 Å². The first-order chi connectivity index (χ1) is 12.8. The summed E-state index contributed by atoms with van der Waals surface area (Å²) in [6.07, 6.45) is 0. The van der Waals surface area contributed by atoms with Crippen LogP contribution in [0.2, 0.25) is 0 Å². The summed E-state index contributed by atoms with van der Waals surface area (Å²) in [5.41, 5.74) is 1.47. The van der Waals surface area contributed by atoms with Gasteiger partial charge in [-0.1, -0.05) is 6.07 Å². The van der Waals surface area contributed by atoms with Gasteiger partial charge in [-0.15, -0.1) is 0 Å². The minimum absolute atomic E-state index is 0.0582. The minimum Gasteiger partial charge on any atom is -0.493 e. The Balaban J connectivity index is 2.05. The molecule has 0 unspecified atom stereocenters. The summed E-state index contributed by atoms with van der Waals surface area (Å²) in [5.74, 6) is 0.174. The van der Waals surface area contributed by atoms with E-state index in [0.717, 1.165) is 17.2 Å². The molecule has 0 aliphatic heterocycles. The van der Waals surface area contributed by atoms with Crippen molar-refractivity contribution in [3.8, 4) is 17.2 Å². The predicted octanol–water partition coefficient (Wildman–Crippen LogP) is 3.46. The molecule has 0 saturated carbocycles. The Morgan fingerprint density at radius 3 is 2.11 bits per heavy atom. The van der Waals surface area contributed by atoms with Crippen LogP contribution >= 0.6 is 0 Å². The van der Waals surface area contributed by atoms with Crippen LogP contribution in [-0.2, 0) is 4.74 Å². The number of rotatable bonds is 8. The SMILES string of the molecule is COc1cc(C(=O)OCCOc2cc(C)cc(C)c2)c([N+](=O)[O-])cc1OC. The monoisotopic (exact) mass is 375 g/mol. The van der Waals surface area contributed by atoms with E-state index in [4.69, 9.17) is 18.9 Å². The van der Waals surface area contributed by atoms with Crippen molar-refractivity contribution < 1.29 is 28.7 Å². The second-order valence-electron chi connectivity index (χ2n) is 5.79. The molecule has 0 aliphatic carbocycles. The Labute approximate surface area is 156 Å². The van der Waals surface area contributed by atoms with Crippen molar-refractivity contribution in [3.05, 3.63) is 57.1 Å². The van der Waals surface area contributed by atoms with Gasteiger partial charge >= 0.3 is 5.97 Å². The number of nitro benzene ring substituents is 1. The van der Waals surface area contributed by atoms with E-state index in [1.165, 1.54) is 20.3 Å². The number of aryl methyl sites for hydroxylation is 2. The second-order valence-corrected chi connectivity index (χ2v) is 5.79. The lowest BCUT2D eigenvalue weighted by molar-refractivity contribution is -0.385. The van der Waals surface area contributed by atoms with Crippen LogP contribution in [0.25, 0.3) is 0 Å². The van der Waals surface area contributed by atoms with Crippen molar-refractivity contribution in [2.45, 2.75) is 13.8 Å². The summed E-state index contributed by atoms with van der Waals surface area (Å²) < 4.78 is 20.8. The molecule has 8 heteroatoms. The Morgan fingerprint density at radius 2 is 1.56 bits per heavy atom. The summed E-state index contributed by atoms with van der Waals surface area (Å²) in [6, 6.07) is 8.11. The molecule has 0 N–H and O–H groups in total. The fourth-order valence-corrected chi connectivity index (χ4v) is 2.57. The first-order valence-corrected chi connectivity index (χ1v) is 8.14. The summed E-state index contributed by atoms with van der Waals surface area (Å²) in [4.78, 5) is 22.9. The number of ether oxygens (including phenoxy) is 4. The van der Waals surface area contributed by atoms with Crippen LogP contribution in [0.4, 0.5) is 5.69 Å². The maximum Gasteiger partial charge on any atom is 0.345 e. The van der Waals surface area contributed by atoms with Gasteiger partial charge in [0, 0.05) is 6.07 Å². The highest BCUT2D eigenvalue weighted by Gasteiger charge is 2.25. The zero-order valence-corrected chi connectivity index (χ0v) is 15.6. The minimum atomic E-state index is -0.841. The van der Waals surface area contributed by atoms with Gasteiger partial charge < -0.3 is 18.9 Å². The number of hydrogen-bond donors (Lipinski definition) is 0. The van der Waals surface area contributed by atoms with Gasteiger partial charge in [0.2, 0.25) is 0 Å². The molecule has 27 heavy (non-hydrogen) atoms. The summed E-state index contributed by atoms with van der Waals surface area (Å²) in [7, 11) is 2.72. The number of carbonyl (C=O) groups is 1. The Bertz CT molecular complexity index is 828. The van der Waals surface area contributed by atoms with Crippen molar-refractivity contribution in [2.24, 2.45) is 0 Å². The molecule has 0 aromatic heterocycles. The van der Waals surface area contributed by atoms with E-state index in [1.54, 1.807) is 0 Å². The fraction of sp³-hybridized carbons (Fsp3) is 0.316. The molecule has 2 aromatic rings. The largest absolute Gasteiger partial charge is 0.493 e. The van der Waals surface area contributed by atoms with Crippen molar-refractivity contribution in [1.29, 1.82) is 0 Å². The number of hydrogen-bond acceptors (Lipinski definition) is 7. The molecule has 0 amide bonds. The van der Waals surface area contributed by atoms with Crippen LogP contribution in [0, 0.1) is 24.0 Å². The Morgan fingerprint density at radius 1 is 0.963 bits per heavy atom. The number of methoxy groups -OCH3 is 2. The van der Waals surface area contributed by atoms with E-state index in [0.29, 0.717) is 5.75 Å². The molecular weight excluding hydrogens is 354 g/mol. The van der Waals surface area contributed by atoms with Gasteiger partial charge in [0.15, 0.2) is 11.5 Å². The first kappa shape index (κ1) is 20.0. The first-order valence-electron chi connectivity index (χ1n) is 8.14. The van der Waals surface area contributed by atoms with Gasteiger partial charge in [0.1, 0.15) is 24.5 Å². The average Bonchev–Trinajstić information content (AvgIpc) is 2.62. The zero-order chi connectivity index (χ0) is 20.0. The quantitative estimate of drug-likeness (QED) is 0.302. The van der Waals surface area contributed by atoms with E-state index in [-0.39, 0.29) is 30.3 Å². The molecule has 0 atom stereocenters. The lowest BCUT2D eigenvalue weighted by atomic mass is 10.1. The molecule has 0 aliphatic rings. The maximum absolute atomic E-state index is 12.3. The highest BCUT2D eigenvalue weighted by atomic mass is 16.6. The molecule has 144 valence electrons. The normalized spacial score (nSPS) is 10.2. The zero-order valence-electron chi connectivity index (χ0n) is 15.6. The van der Waals surface area contributed by atoms with E-state index < -0.39 is 16.6 Å². The van der Waals surface area contributed by atoms with Crippen LogP contribution < -0.4 is 14.2 Å². The van der Waals surface area contributed by atoms with Crippen LogP contribution in [0.3, 0.4) is 0 Å². The highest BCUT2D eigenvalue weighted by Crippen LogP contribution is 2.34. The van der Waals surface area contributed by atoms with Gasteiger partial charge in [0.25, 0.3) is 5.69 Å². The summed E-state index contributed by atoms with van der Waals surface area (Å²) in [6.45, 7) is 3.97. The van der Waals surface area contributed by atoms with E-state index in [2.05, 4.69) is 0 Å². The Hall–Kier alpha value is -3.29. The van der Waals surface area contributed by atoms with Crippen molar-refractivity contribution in [1.82, 2.24) is 0 Å². The molecule has 0 heterocycles. The number of nitrogens with zero attached hydrogens (tertiary/aromatic N) is 1. The average molecular weight is 375 g/mol.